The third kappa shape index (κ3) is 5.51. The SMILES string of the molecule is CCCCCCCCCC(=O)[C@@]1(O)O[C@H](CO)C=C[C@@H]1O. The minimum absolute atomic E-state index is 0.174. The Morgan fingerprint density at radius 2 is 1.76 bits per heavy atom. The Morgan fingerprint density at radius 3 is 2.38 bits per heavy atom. The summed E-state index contributed by atoms with van der Waals surface area (Å²) in [5.41, 5.74) is 0. The highest BCUT2D eigenvalue weighted by molar-refractivity contribution is 5.86. The molecular weight excluding hydrogens is 272 g/mol. The van der Waals surface area contributed by atoms with E-state index < -0.39 is 23.8 Å². The molecule has 0 aliphatic carbocycles. The van der Waals surface area contributed by atoms with Gasteiger partial charge in [0, 0.05) is 6.42 Å². The maximum absolute atomic E-state index is 12.1. The molecule has 0 saturated heterocycles. The molecule has 0 fully saturated rings. The second-order valence-corrected chi connectivity index (χ2v) is 5.66. The molecule has 1 aliphatic rings. The highest BCUT2D eigenvalue weighted by Crippen LogP contribution is 2.25. The molecule has 0 spiro atoms. The fraction of sp³-hybridized carbons (Fsp3) is 0.812. The second-order valence-electron chi connectivity index (χ2n) is 5.66. The summed E-state index contributed by atoms with van der Waals surface area (Å²) in [6, 6.07) is 0. The number of ketones is 1. The van der Waals surface area contributed by atoms with Gasteiger partial charge in [-0.15, -0.1) is 0 Å². The molecule has 0 amide bonds. The number of rotatable bonds is 10. The summed E-state index contributed by atoms with van der Waals surface area (Å²) < 4.78 is 5.13. The van der Waals surface area contributed by atoms with E-state index in [1.165, 1.54) is 37.8 Å². The molecule has 3 atom stereocenters. The molecule has 0 bridgehead atoms. The molecule has 0 radical (unpaired) electrons. The van der Waals surface area contributed by atoms with Crippen LogP contribution in [0, 0.1) is 0 Å². The van der Waals surface area contributed by atoms with Gasteiger partial charge < -0.3 is 20.1 Å². The molecule has 21 heavy (non-hydrogen) atoms. The van der Waals surface area contributed by atoms with Crippen LogP contribution in [0.1, 0.15) is 58.3 Å². The van der Waals surface area contributed by atoms with Crippen molar-refractivity contribution >= 4 is 5.78 Å². The Kier molecular flexibility index (Phi) is 8.11. The van der Waals surface area contributed by atoms with Crippen LogP contribution in [0.2, 0.25) is 0 Å². The van der Waals surface area contributed by atoms with Crippen LogP contribution in [-0.4, -0.2) is 45.7 Å². The monoisotopic (exact) mass is 300 g/mol. The molecule has 3 N–H and O–H groups in total. The number of aliphatic hydroxyl groups is 3. The van der Waals surface area contributed by atoms with E-state index in [-0.39, 0.29) is 13.0 Å². The van der Waals surface area contributed by atoms with Crippen LogP contribution < -0.4 is 0 Å². The van der Waals surface area contributed by atoms with Crippen molar-refractivity contribution in [2.45, 2.75) is 76.3 Å². The Bertz CT molecular complexity index is 342. The third-order valence-electron chi connectivity index (χ3n) is 3.83. The Labute approximate surface area is 126 Å². The van der Waals surface area contributed by atoms with E-state index in [0.717, 1.165) is 12.8 Å². The lowest BCUT2D eigenvalue weighted by atomic mass is 9.96. The van der Waals surface area contributed by atoms with Crippen molar-refractivity contribution in [3.63, 3.8) is 0 Å². The lowest BCUT2D eigenvalue weighted by Gasteiger charge is -2.35. The van der Waals surface area contributed by atoms with Crippen molar-refractivity contribution in [2.24, 2.45) is 0 Å². The van der Waals surface area contributed by atoms with Gasteiger partial charge in [0.2, 0.25) is 0 Å². The predicted molar refractivity (Wildman–Crippen MR) is 79.7 cm³/mol. The molecule has 0 saturated carbocycles. The summed E-state index contributed by atoms with van der Waals surface area (Å²) in [6.45, 7) is 1.83. The van der Waals surface area contributed by atoms with Crippen molar-refractivity contribution in [1.29, 1.82) is 0 Å². The van der Waals surface area contributed by atoms with Gasteiger partial charge in [-0.2, -0.15) is 0 Å². The number of carbonyl (C=O) groups excluding carboxylic acids is 1. The first-order chi connectivity index (χ1) is 10.0. The minimum Gasteiger partial charge on any atom is -0.393 e. The van der Waals surface area contributed by atoms with E-state index in [9.17, 15) is 15.0 Å². The summed E-state index contributed by atoms with van der Waals surface area (Å²) >= 11 is 0. The summed E-state index contributed by atoms with van der Waals surface area (Å²) in [4.78, 5) is 12.1. The molecule has 1 rings (SSSR count). The van der Waals surface area contributed by atoms with Crippen molar-refractivity contribution in [2.75, 3.05) is 6.61 Å². The Morgan fingerprint density at radius 1 is 1.14 bits per heavy atom. The number of Topliss-reactive ketones (excluding diaryl/α,β-unsaturated/α-hetero) is 1. The van der Waals surface area contributed by atoms with E-state index in [1.54, 1.807) is 0 Å². The summed E-state index contributed by atoms with van der Waals surface area (Å²) in [5.74, 6) is -2.74. The van der Waals surface area contributed by atoms with E-state index >= 15 is 0 Å². The highest BCUT2D eigenvalue weighted by atomic mass is 16.7. The van der Waals surface area contributed by atoms with Gasteiger partial charge in [-0.1, -0.05) is 57.6 Å². The standard InChI is InChI=1S/C16H28O5/c1-2-3-4-5-6-7-8-9-14(18)16(20)15(19)11-10-13(12-17)21-16/h10-11,13,15,17,19-20H,2-9,12H2,1H3/t13-,15-,16+/m0/s1. The van der Waals surface area contributed by atoms with Crippen molar-refractivity contribution in [1.82, 2.24) is 0 Å². The van der Waals surface area contributed by atoms with Crippen LogP contribution in [0.4, 0.5) is 0 Å². The first-order valence-electron chi connectivity index (χ1n) is 7.95. The quantitative estimate of drug-likeness (QED) is 0.422. The van der Waals surface area contributed by atoms with Gasteiger partial charge in [0.15, 0.2) is 5.78 Å². The maximum Gasteiger partial charge on any atom is 0.257 e. The van der Waals surface area contributed by atoms with Crippen molar-refractivity contribution in [3.8, 4) is 0 Å². The summed E-state index contributed by atoms with van der Waals surface area (Å²) in [7, 11) is 0. The van der Waals surface area contributed by atoms with Gasteiger partial charge >= 0.3 is 0 Å². The number of hydrogen-bond acceptors (Lipinski definition) is 5. The minimum atomic E-state index is -2.22. The van der Waals surface area contributed by atoms with Gasteiger partial charge in [-0.25, -0.2) is 0 Å². The molecule has 0 aromatic carbocycles. The van der Waals surface area contributed by atoms with Crippen LogP contribution in [-0.2, 0) is 9.53 Å². The lowest BCUT2D eigenvalue weighted by molar-refractivity contribution is -0.254. The van der Waals surface area contributed by atoms with Gasteiger partial charge in [-0.3, -0.25) is 4.79 Å². The number of unbranched alkanes of at least 4 members (excludes halogenated alkanes) is 6. The number of carbonyl (C=O) groups is 1. The Balaban J connectivity index is 2.32. The summed E-state index contributed by atoms with van der Waals surface area (Å²) in [6.07, 6.45) is 8.31. The fourth-order valence-electron chi connectivity index (χ4n) is 2.45. The molecule has 0 unspecified atom stereocenters. The largest absolute Gasteiger partial charge is 0.393 e. The fourth-order valence-corrected chi connectivity index (χ4v) is 2.45. The average molecular weight is 300 g/mol. The van der Waals surface area contributed by atoms with Gasteiger partial charge in [0.05, 0.1) is 6.61 Å². The molecule has 122 valence electrons. The van der Waals surface area contributed by atoms with Crippen LogP contribution in [0.3, 0.4) is 0 Å². The van der Waals surface area contributed by atoms with E-state index in [0.29, 0.717) is 6.42 Å². The number of aliphatic hydroxyl groups excluding tert-OH is 2. The number of ether oxygens (including phenoxy) is 1. The van der Waals surface area contributed by atoms with Crippen LogP contribution in [0.5, 0.6) is 0 Å². The first-order valence-corrected chi connectivity index (χ1v) is 7.95. The molecule has 0 aromatic rings. The topological polar surface area (TPSA) is 87.0 Å². The summed E-state index contributed by atoms with van der Waals surface area (Å²) in [5, 5.41) is 29.0. The average Bonchev–Trinajstić information content (AvgIpc) is 2.49. The van der Waals surface area contributed by atoms with E-state index in [1.807, 2.05) is 0 Å². The number of hydrogen-bond donors (Lipinski definition) is 3. The first kappa shape index (κ1) is 18.3. The van der Waals surface area contributed by atoms with Crippen LogP contribution >= 0.6 is 0 Å². The third-order valence-corrected chi connectivity index (χ3v) is 3.83. The molecule has 1 aliphatic heterocycles. The second kappa shape index (κ2) is 9.30. The van der Waals surface area contributed by atoms with Crippen molar-refractivity contribution < 1.29 is 24.9 Å². The normalized spacial score (nSPS) is 28.8. The smallest absolute Gasteiger partial charge is 0.257 e. The van der Waals surface area contributed by atoms with Gasteiger partial charge in [0.25, 0.3) is 5.79 Å². The van der Waals surface area contributed by atoms with E-state index in [2.05, 4.69) is 6.92 Å². The lowest BCUT2D eigenvalue weighted by Crippen LogP contribution is -2.55. The van der Waals surface area contributed by atoms with Crippen LogP contribution in [0.15, 0.2) is 12.2 Å². The highest BCUT2D eigenvalue weighted by Gasteiger charge is 2.46. The zero-order valence-electron chi connectivity index (χ0n) is 12.8. The molecule has 5 heteroatoms. The maximum atomic E-state index is 12.1. The molecule has 0 aromatic heterocycles. The van der Waals surface area contributed by atoms with E-state index in [4.69, 9.17) is 9.84 Å². The zero-order chi connectivity index (χ0) is 15.7. The van der Waals surface area contributed by atoms with Crippen LogP contribution in [0.25, 0.3) is 0 Å². The molecular formula is C16H28O5. The zero-order valence-corrected chi connectivity index (χ0v) is 12.8. The van der Waals surface area contributed by atoms with Gasteiger partial charge in [-0.05, 0) is 6.42 Å². The van der Waals surface area contributed by atoms with Crippen molar-refractivity contribution in [3.05, 3.63) is 12.2 Å². The molecule has 5 nitrogen and oxygen atoms in total. The van der Waals surface area contributed by atoms with Gasteiger partial charge in [0.1, 0.15) is 12.2 Å². The Hall–Kier alpha value is -0.750. The predicted octanol–water partition coefficient (Wildman–Crippen LogP) is 1.69. The molecule has 1 heterocycles.